The number of hydrogen-bond donors (Lipinski definition) is 1. The maximum absolute atomic E-state index is 6.14. The largest absolute Gasteiger partial charge is 0.377 e. The van der Waals surface area contributed by atoms with Gasteiger partial charge in [0.25, 0.3) is 0 Å². The zero-order valence-corrected chi connectivity index (χ0v) is 13.8. The Morgan fingerprint density at radius 3 is 2.67 bits per heavy atom. The molecule has 1 fully saturated rings. The van der Waals surface area contributed by atoms with Crippen LogP contribution in [0, 0.1) is 13.8 Å². The van der Waals surface area contributed by atoms with Gasteiger partial charge in [-0.25, -0.2) is 0 Å². The second kappa shape index (κ2) is 7.92. The Balaban J connectivity index is 2.13. The number of nitrogens with two attached hydrogens (primary N) is 1. The first-order valence-electron chi connectivity index (χ1n) is 8.29. The predicted molar refractivity (Wildman–Crippen MR) is 88.5 cm³/mol. The quantitative estimate of drug-likeness (QED) is 0.874. The van der Waals surface area contributed by atoms with Crippen LogP contribution in [0.5, 0.6) is 0 Å². The van der Waals surface area contributed by atoms with Gasteiger partial charge in [0, 0.05) is 25.7 Å². The molecule has 2 rings (SSSR count). The lowest BCUT2D eigenvalue weighted by atomic mass is 9.93. The molecule has 21 heavy (non-hydrogen) atoms. The smallest absolute Gasteiger partial charge is 0.0702 e. The molecular formula is C18H30N2O. The summed E-state index contributed by atoms with van der Waals surface area (Å²) < 4.78 is 5.97. The predicted octanol–water partition coefficient (Wildman–Crippen LogP) is 3.19. The molecule has 2 atom stereocenters. The molecule has 0 aliphatic carbocycles. The Labute approximate surface area is 129 Å². The molecule has 3 heteroatoms. The standard InChI is InChI=1S/C18H30N2O/c1-4-11-21-16-9-6-10-20(13-16)17(12-19)18-14(2)7-5-8-15(18)3/h5,7-8,16-17H,4,6,9-13,19H2,1-3H3. The molecular weight excluding hydrogens is 260 g/mol. The van der Waals surface area contributed by atoms with Crippen molar-refractivity contribution in [3.63, 3.8) is 0 Å². The number of benzene rings is 1. The van der Waals surface area contributed by atoms with Gasteiger partial charge in [0.15, 0.2) is 0 Å². The first-order chi connectivity index (χ1) is 10.2. The van der Waals surface area contributed by atoms with Crippen molar-refractivity contribution < 1.29 is 4.74 Å². The van der Waals surface area contributed by atoms with Gasteiger partial charge in [0.1, 0.15) is 0 Å². The fourth-order valence-corrected chi connectivity index (χ4v) is 3.47. The van der Waals surface area contributed by atoms with Crippen LogP contribution in [0.2, 0.25) is 0 Å². The molecule has 1 aliphatic heterocycles. The Morgan fingerprint density at radius 2 is 2.05 bits per heavy atom. The number of piperidine rings is 1. The molecule has 1 aliphatic rings. The van der Waals surface area contributed by atoms with E-state index in [-0.39, 0.29) is 0 Å². The van der Waals surface area contributed by atoms with Gasteiger partial charge >= 0.3 is 0 Å². The molecule has 0 spiro atoms. The van der Waals surface area contributed by atoms with Crippen LogP contribution in [0.25, 0.3) is 0 Å². The van der Waals surface area contributed by atoms with Gasteiger partial charge in [-0.05, 0) is 56.3 Å². The van der Waals surface area contributed by atoms with E-state index in [1.165, 1.54) is 29.5 Å². The lowest BCUT2D eigenvalue weighted by Crippen LogP contribution is -2.44. The van der Waals surface area contributed by atoms with E-state index in [2.05, 4.69) is 43.9 Å². The second-order valence-corrected chi connectivity index (χ2v) is 6.19. The summed E-state index contributed by atoms with van der Waals surface area (Å²) in [4.78, 5) is 2.53. The van der Waals surface area contributed by atoms with Crippen LogP contribution in [-0.2, 0) is 4.74 Å². The van der Waals surface area contributed by atoms with Crippen LogP contribution in [0.4, 0.5) is 0 Å². The molecule has 3 nitrogen and oxygen atoms in total. The minimum atomic E-state index is 0.319. The van der Waals surface area contributed by atoms with Crippen molar-refractivity contribution in [3.8, 4) is 0 Å². The van der Waals surface area contributed by atoms with Crippen molar-refractivity contribution in [3.05, 3.63) is 34.9 Å². The Morgan fingerprint density at radius 1 is 1.33 bits per heavy atom. The summed E-state index contributed by atoms with van der Waals surface area (Å²) in [5.74, 6) is 0. The Bertz CT molecular complexity index is 427. The van der Waals surface area contributed by atoms with Crippen molar-refractivity contribution in [2.24, 2.45) is 5.73 Å². The van der Waals surface area contributed by atoms with Gasteiger partial charge in [-0.15, -0.1) is 0 Å². The minimum absolute atomic E-state index is 0.319. The average molecular weight is 290 g/mol. The molecule has 0 radical (unpaired) electrons. The van der Waals surface area contributed by atoms with E-state index in [1.807, 2.05) is 0 Å². The maximum atomic E-state index is 6.14. The highest BCUT2D eigenvalue weighted by Gasteiger charge is 2.28. The number of ether oxygens (including phenoxy) is 1. The molecule has 1 aromatic rings. The highest BCUT2D eigenvalue weighted by molar-refractivity contribution is 5.36. The van der Waals surface area contributed by atoms with E-state index in [4.69, 9.17) is 10.5 Å². The molecule has 1 aromatic carbocycles. The van der Waals surface area contributed by atoms with E-state index in [0.717, 1.165) is 26.1 Å². The van der Waals surface area contributed by atoms with Crippen molar-refractivity contribution >= 4 is 0 Å². The zero-order chi connectivity index (χ0) is 15.2. The SMILES string of the molecule is CCCOC1CCCN(C(CN)c2c(C)cccc2C)C1. The van der Waals surface area contributed by atoms with E-state index in [0.29, 0.717) is 18.7 Å². The summed E-state index contributed by atoms with van der Waals surface area (Å²) in [5.41, 5.74) is 10.2. The van der Waals surface area contributed by atoms with E-state index >= 15 is 0 Å². The molecule has 118 valence electrons. The highest BCUT2D eigenvalue weighted by atomic mass is 16.5. The van der Waals surface area contributed by atoms with Crippen molar-refractivity contribution in [2.45, 2.75) is 52.2 Å². The minimum Gasteiger partial charge on any atom is -0.377 e. The Hall–Kier alpha value is -0.900. The van der Waals surface area contributed by atoms with Gasteiger partial charge in [-0.2, -0.15) is 0 Å². The summed E-state index contributed by atoms with van der Waals surface area (Å²) >= 11 is 0. The van der Waals surface area contributed by atoms with Crippen LogP contribution in [-0.4, -0.2) is 37.2 Å². The van der Waals surface area contributed by atoms with Gasteiger partial charge in [-0.3, -0.25) is 4.90 Å². The number of hydrogen-bond acceptors (Lipinski definition) is 3. The first kappa shape index (κ1) is 16.5. The molecule has 0 bridgehead atoms. The first-order valence-corrected chi connectivity index (χ1v) is 8.29. The fraction of sp³-hybridized carbons (Fsp3) is 0.667. The topological polar surface area (TPSA) is 38.5 Å². The summed E-state index contributed by atoms with van der Waals surface area (Å²) in [6.07, 6.45) is 3.85. The maximum Gasteiger partial charge on any atom is 0.0702 e. The lowest BCUT2D eigenvalue weighted by molar-refractivity contribution is -0.0120. The van der Waals surface area contributed by atoms with Crippen molar-refractivity contribution in [1.29, 1.82) is 0 Å². The van der Waals surface area contributed by atoms with Crippen molar-refractivity contribution in [1.82, 2.24) is 4.90 Å². The van der Waals surface area contributed by atoms with Gasteiger partial charge in [0.2, 0.25) is 0 Å². The summed E-state index contributed by atoms with van der Waals surface area (Å²) in [6, 6.07) is 6.84. The number of aryl methyl sites for hydroxylation is 2. The van der Waals surface area contributed by atoms with Gasteiger partial charge < -0.3 is 10.5 Å². The zero-order valence-electron chi connectivity index (χ0n) is 13.8. The van der Waals surface area contributed by atoms with E-state index in [1.54, 1.807) is 0 Å². The normalized spacial score (nSPS) is 21.4. The Kier molecular flexibility index (Phi) is 6.22. The van der Waals surface area contributed by atoms with E-state index < -0.39 is 0 Å². The summed E-state index contributed by atoms with van der Waals surface area (Å²) in [7, 11) is 0. The highest BCUT2D eigenvalue weighted by Crippen LogP contribution is 2.29. The molecule has 0 aromatic heterocycles. The third-order valence-electron chi connectivity index (χ3n) is 4.51. The molecule has 1 heterocycles. The van der Waals surface area contributed by atoms with Gasteiger partial charge in [0.05, 0.1) is 6.10 Å². The van der Waals surface area contributed by atoms with E-state index in [9.17, 15) is 0 Å². The van der Waals surface area contributed by atoms with Gasteiger partial charge in [-0.1, -0.05) is 25.1 Å². The van der Waals surface area contributed by atoms with Crippen molar-refractivity contribution in [2.75, 3.05) is 26.2 Å². The van der Waals surface area contributed by atoms with Crippen LogP contribution < -0.4 is 5.73 Å². The van der Waals surface area contributed by atoms with Crippen LogP contribution in [0.3, 0.4) is 0 Å². The molecule has 1 saturated heterocycles. The molecule has 2 N–H and O–H groups in total. The van der Waals surface area contributed by atoms with Crippen LogP contribution >= 0.6 is 0 Å². The average Bonchev–Trinajstić information content (AvgIpc) is 2.49. The fourth-order valence-electron chi connectivity index (χ4n) is 3.47. The molecule has 0 amide bonds. The second-order valence-electron chi connectivity index (χ2n) is 6.19. The van der Waals surface area contributed by atoms with Crippen LogP contribution in [0.1, 0.15) is 48.9 Å². The lowest BCUT2D eigenvalue weighted by Gasteiger charge is -2.39. The monoisotopic (exact) mass is 290 g/mol. The third-order valence-corrected chi connectivity index (χ3v) is 4.51. The summed E-state index contributed by atoms with van der Waals surface area (Å²) in [6.45, 7) is 10.2. The number of likely N-dealkylation sites (tertiary alicyclic amines) is 1. The summed E-state index contributed by atoms with van der Waals surface area (Å²) in [5, 5.41) is 0. The van der Waals surface area contributed by atoms with Crippen LogP contribution in [0.15, 0.2) is 18.2 Å². The molecule has 2 unspecified atom stereocenters. The number of nitrogens with zero attached hydrogens (tertiary/aromatic N) is 1. The third kappa shape index (κ3) is 4.06. The number of rotatable bonds is 6. The molecule has 0 saturated carbocycles.